The van der Waals surface area contributed by atoms with Crippen molar-refractivity contribution in [1.29, 1.82) is 0 Å². The summed E-state index contributed by atoms with van der Waals surface area (Å²) in [6, 6.07) is 0. The van der Waals surface area contributed by atoms with Crippen LogP contribution in [0.15, 0.2) is 36.1 Å². The molecule has 0 saturated carbocycles. The third-order valence-corrected chi connectivity index (χ3v) is 1.42. The Bertz CT molecular complexity index is 254. The molecule has 0 aliphatic rings. The van der Waals surface area contributed by atoms with E-state index in [9.17, 15) is 4.79 Å². The second-order valence-electron chi connectivity index (χ2n) is 2.34. The van der Waals surface area contributed by atoms with Gasteiger partial charge in [0.2, 0.25) is 0 Å². The van der Waals surface area contributed by atoms with Gasteiger partial charge in [0, 0.05) is 0 Å². The van der Waals surface area contributed by atoms with Gasteiger partial charge in [-0.15, -0.1) is 0 Å². The molecule has 13 heavy (non-hydrogen) atoms. The average Bonchev–Trinajstić information content (AvgIpc) is 2.05. The lowest BCUT2D eigenvalue weighted by atomic mass is 10.1. The molecule has 0 amide bonds. The summed E-state index contributed by atoms with van der Waals surface area (Å²) in [5, 5.41) is 8.70. The van der Waals surface area contributed by atoms with E-state index in [1.165, 1.54) is 18.7 Å². The summed E-state index contributed by atoms with van der Waals surface area (Å²) < 4.78 is 0. The summed E-state index contributed by atoms with van der Waals surface area (Å²) in [7, 11) is 1.52. The minimum atomic E-state index is -0.977. The summed E-state index contributed by atoms with van der Waals surface area (Å²) in [6.07, 6.45) is 4.59. The van der Waals surface area contributed by atoms with Crippen LogP contribution < -0.4 is 5.48 Å². The monoisotopic (exact) mass is 184 g/mol. The van der Waals surface area contributed by atoms with Gasteiger partial charge in [0.1, 0.15) is 6.20 Å². The lowest BCUT2D eigenvalue weighted by molar-refractivity contribution is -0.842. The topological polar surface area (TPSA) is 63.1 Å². The number of quaternary nitrogens is 1. The smallest absolute Gasteiger partial charge is 0.335 e. The Morgan fingerprint density at radius 3 is 2.62 bits per heavy atom. The van der Waals surface area contributed by atoms with E-state index >= 15 is 0 Å². The van der Waals surface area contributed by atoms with Crippen molar-refractivity contribution in [3.05, 3.63) is 36.1 Å². The molecule has 0 aliphatic carbocycles. The van der Waals surface area contributed by atoms with Crippen molar-refractivity contribution in [3.8, 4) is 0 Å². The SMILES string of the molecule is C=C/C(C(=O)O)=C(C)\C=C\[NH2+]OC. The van der Waals surface area contributed by atoms with Gasteiger partial charge in [-0.3, -0.25) is 0 Å². The van der Waals surface area contributed by atoms with Gasteiger partial charge in [-0.1, -0.05) is 12.7 Å². The van der Waals surface area contributed by atoms with Crippen LogP contribution in [-0.2, 0) is 9.63 Å². The number of carboxylic acids is 1. The Labute approximate surface area is 77.2 Å². The number of nitrogens with two attached hydrogens (primary N) is 1. The second kappa shape index (κ2) is 6.16. The van der Waals surface area contributed by atoms with Crippen LogP contribution in [0.1, 0.15) is 6.92 Å². The summed E-state index contributed by atoms with van der Waals surface area (Å²) >= 11 is 0. The highest BCUT2D eigenvalue weighted by molar-refractivity contribution is 5.91. The number of rotatable bonds is 5. The first kappa shape index (κ1) is 11.6. The Morgan fingerprint density at radius 2 is 2.23 bits per heavy atom. The van der Waals surface area contributed by atoms with Crippen molar-refractivity contribution in [2.75, 3.05) is 7.11 Å². The number of allylic oxidation sites excluding steroid dienone is 2. The van der Waals surface area contributed by atoms with Crippen molar-refractivity contribution in [2.45, 2.75) is 6.92 Å². The molecule has 0 unspecified atom stereocenters. The van der Waals surface area contributed by atoms with E-state index in [4.69, 9.17) is 5.11 Å². The summed E-state index contributed by atoms with van der Waals surface area (Å²) in [4.78, 5) is 15.3. The van der Waals surface area contributed by atoms with E-state index < -0.39 is 5.97 Å². The molecule has 0 heterocycles. The number of hydroxylamine groups is 1. The lowest BCUT2D eigenvalue weighted by Crippen LogP contribution is -2.75. The summed E-state index contributed by atoms with van der Waals surface area (Å²) in [5.74, 6) is -0.977. The lowest BCUT2D eigenvalue weighted by Gasteiger charge is -1.96. The first-order chi connectivity index (χ1) is 6.13. The van der Waals surface area contributed by atoms with Gasteiger partial charge in [-0.05, 0) is 18.6 Å². The maximum atomic E-state index is 10.6. The number of hydrogen-bond donors (Lipinski definition) is 2. The molecule has 0 aromatic heterocycles. The predicted octanol–water partition coefficient (Wildman–Crippen LogP) is 0.212. The zero-order valence-corrected chi connectivity index (χ0v) is 7.78. The van der Waals surface area contributed by atoms with Gasteiger partial charge in [0.25, 0.3) is 0 Å². The number of carbonyl (C=O) groups is 1. The first-order valence-electron chi connectivity index (χ1n) is 3.72. The van der Waals surface area contributed by atoms with Crippen LogP contribution in [0.5, 0.6) is 0 Å². The molecule has 4 nitrogen and oxygen atoms in total. The van der Waals surface area contributed by atoms with Gasteiger partial charge in [0.15, 0.2) is 0 Å². The molecule has 0 atom stereocenters. The number of aliphatic carboxylic acids is 1. The van der Waals surface area contributed by atoms with Crippen molar-refractivity contribution in [1.82, 2.24) is 0 Å². The van der Waals surface area contributed by atoms with Crippen LogP contribution in [-0.4, -0.2) is 18.2 Å². The molecule has 0 fully saturated rings. The molecule has 0 aromatic rings. The van der Waals surface area contributed by atoms with Gasteiger partial charge in [-0.25, -0.2) is 9.63 Å². The van der Waals surface area contributed by atoms with Gasteiger partial charge in [0.05, 0.1) is 12.7 Å². The molecule has 72 valence electrons. The second-order valence-corrected chi connectivity index (χ2v) is 2.34. The molecule has 0 rings (SSSR count). The molecule has 0 bridgehead atoms. The fourth-order valence-corrected chi connectivity index (χ4v) is 0.769. The van der Waals surface area contributed by atoms with E-state index in [1.54, 1.807) is 19.2 Å². The summed E-state index contributed by atoms with van der Waals surface area (Å²) in [6.45, 7) is 5.12. The van der Waals surface area contributed by atoms with E-state index in [0.29, 0.717) is 5.57 Å². The van der Waals surface area contributed by atoms with Crippen LogP contribution in [0.3, 0.4) is 0 Å². The Morgan fingerprint density at radius 1 is 1.62 bits per heavy atom. The van der Waals surface area contributed by atoms with Crippen LogP contribution in [0.2, 0.25) is 0 Å². The van der Waals surface area contributed by atoms with Gasteiger partial charge < -0.3 is 5.11 Å². The summed E-state index contributed by atoms with van der Waals surface area (Å²) in [5.41, 5.74) is 2.29. The Hall–Kier alpha value is -1.39. The molecule has 4 heteroatoms. The fraction of sp³-hybridized carbons (Fsp3) is 0.222. The maximum Gasteiger partial charge on any atom is 0.335 e. The molecule has 0 aromatic carbocycles. The van der Waals surface area contributed by atoms with E-state index in [1.807, 2.05) is 0 Å². The minimum Gasteiger partial charge on any atom is -0.478 e. The van der Waals surface area contributed by atoms with Crippen LogP contribution >= 0.6 is 0 Å². The normalized spacial score (nSPS) is 12.8. The van der Waals surface area contributed by atoms with Gasteiger partial charge >= 0.3 is 5.97 Å². The van der Waals surface area contributed by atoms with Crippen LogP contribution in [0.25, 0.3) is 0 Å². The zero-order valence-electron chi connectivity index (χ0n) is 7.78. The van der Waals surface area contributed by atoms with E-state index in [0.717, 1.165) is 0 Å². The molecule has 3 N–H and O–H groups in total. The Kier molecular flexibility index (Phi) is 5.50. The molecular formula is C9H14NO3+. The standard InChI is InChI=1S/C9H13NO3/c1-4-8(9(11)12)7(2)5-6-10-13-3/h4-6,10H,1H2,2-3H3,(H,11,12)/p+1/b6-5+,8-7+. The highest BCUT2D eigenvalue weighted by Gasteiger charge is 2.04. The van der Waals surface area contributed by atoms with Gasteiger partial charge in [-0.2, -0.15) is 5.48 Å². The highest BCUT2D eigenvalue weighted by Crippen LogP contribution is 2.05. The minimum absolute atomic E-state index is 0.195. The molecule has 0 radical (unpaired) electrons. The number of carboxylic acid groups (broad SMARTS) is 1. The van der Waals surface area contributed by atoms with Crippen molar-refractivity contribution in [2.24, 2.45) is 0 Å². The van der Waals surface area contributed by atoms with Crippen molar-refractivity contribution in [3.63, 3.8) is 0 Å². The third-order valence-electron chi connectivity index (χ3n) is 1.42. The third kappa shape index (κ3) is 4.25. The maximum absolute atomic E-state index is 10.6. The molecule has 0 saturated heterocycles. The fourth-order valence-electron chi connectivity index (χ4n) is 0.769. The van der Waals surface area contributed by atoms with Crippen molar-refractivity contribution >= 4 is 5.97 Å². The quantitative estimate of drug-likeness (QED) is 0.365. The number of hydrogen-bond acceptors (Lipinski definition) is 2. The van der Waals surface area contributed by atoms with E-state index in [-0.39, 0.29) is 5.57 Å². The molecule has 0 spiro atoms. The zero-order chi connectivity index (χ0) is 10.3. The predicted molar refractivity (Wildman–Crippen MR) is 48.6 cm³/mol. The Balaban J connectivity index is 4.56. The largest absolute Gasteiger partial charge is 0.478 e. The van der Waals surface area contributed by atoms with Crippen LogP contribution in [0, 0.1) is 0 Å². The van der Waals surface area contributed by atoms with Crippen molar-refractivity contribution < 1.29 is 20.2 Å². The molecule has 0 aliphatic heterocycles. The van der Waals surface area contributed by atoms with Crippen LogP contribution in [0.4, 0.5) is 0 Å². The first-order valence-corrected chi connectivity index (χ1v) is 3.72. The van der Waals surface area contributed by atoms with E-state index in [2.05, 4.69) is 11.4 Å². The average molecular weight is 184 g/mol. The molecular weight excluding hydrogens is 170 g/mol. The highest BCUT2D eigenvalue weighted by atomic mass is 16.6.